The lowest BCUT2D eigenvalue weighted by Crippen LogP contribution is -2.37. The molecule has 3 aromatic heterocycles. The zero-order chi connectivity index (χ0) is 20.0. The normalized spacial score (nSPS) is 22.4. The predicted octanol–water partition coefficient (Wildman–Crippen LogP) is 3.32. The van der Waals surface area contributed by atoms with Crippen LogP contribution in [-0.4, -0.2) is 40.6 Å². The fourth-order valence-electron chi connectivity index (χ4n) is 5.00. The van der Waals surface area contributed by atoms with Gasteiger partial charge in [0, 0.05) is 29.2 Å². The fourth-order valence-corrected chi connectivity index (χ4v) is 5.39. The van der Waals surface area contributed by atoms with Crippen molar-refractivity contribution < 1.29 is 0 Å². The van der Waals surface area contributed by atoms with Crippen molar-refractivity contribution in [2.45, 2.75) is 57.7 Å². The maximum absolute atomic E-state index is 5.85. The number of aromatic nitrogens is 5. The van der Waals surface area contributed by atoms with Gasteiger partial charge in [0.1, 0.15) is 12.7 Å². The molecule has 1 aliphatic carbocycles. The van der Waals surface area contributed by atoms with Gasteiger partial charge in [0.2, 0.25) is 0 Å². The molecular weight excluding hydrogens is 382 g/mol. The van der Waals surface area contributed by atoms with Crippen LogP contribution in [0.1, 0.15) is 60.4 Å². The van der Waals surface area contributed by atoms with Crippen molar-refractivity contribution >= 4 is 17.3 Å². The Morgan fingerprint density at radius 2 is 1.86 bits per heavy atom. The first kappa shape index (κ1) is 18.3. The van der Waals surface area contributed by atoms with E-state index in [0.29, 0.717) is 6.04 Å². The second-order valence-corrected chi connectivity index (χ2v) is 8.34. The molecule has 2 fully saturated rings. The van der Waals surface area contributed by atoms with Crippen molar-refractivity contribution in [3.63, 3.8) is 0 Å². The van der Waals surface area contributed by atoms with Crippen molar-refractivity contribution in [2.75, 3.05) is 0 Å². The smallest absolute Gasteiger partial charge is 0.170 e. The van der Waals surface area contributed by atoms with E-state index in [9.17, 15) is 0 Å². The Kier molecular flexibility index (Phi) is 4.58. The summed E-state index contributed by atoms with van der Waals surface area (Å²) in [5, 5.41) is 12.4. The molecule has 3 aromatic rings. The third-order valence-corrected chi connectivity index (χ3v) is 6.57. The van der Waals surface area contributed by atoms with E-state index >= 15 is 0 Å². The molecule has 1 saturated carbocycles. The van der Waals surface area contributed by atoms with Crippen molar-refractivity contribution in [1.82, 2.24) is 34.8 Å². The molecule has 5 rings (SSSR count). The molecule has 0 bridgehead atoms. The Labute approximate surface area is 175 Å². The summed E-state index contributed by atoms with van der Waals surface area (Å²) in [5.41, 5.74) is 4.60. The van der Waals surface area contributed by atoms with Crippen molar-refractivity contribution in [3.05, 3.63) is 65.8 Å². The molecule has 0 spiro atoms. The van der Waals surface area contributed by atoms with Gasteiger partial charge in [-0.2, -0.15) is 0 Å². The zero-order valence-corrected chi connectivity index (χ0v) is 17.5. The Morgan fingerprint density at radius 1 is 1.10 bits per heavy atom. The van der Waals surface area contributed by atoms with Crippen molar-refractivity contribution in [1.29, 1.82) is 0 Å². The summed E-state index contributed by atoms with van der Waals surface area (Å²) in [6.07, 6.45) is 10.2. The van der Waals surface area contributed by atoms with Crippen molar-refractivity contribution in [3.8, 4) is 0 Å². The fraction of sp³-hybridized carbons (Fsp3) is 0.429. The van der Waals surface area contributed by atoms with E-state index in [1.54, 1.807) is 12.7 Å². The van der Waals surface area contributed by atoms with Crippen LogP contribution in [0.2, 0.25) is 0 Å². The van der Waals surface area contributed by atoms with Crippen LogP contribution in [0.25, 0.3) is 0 Å². The Balaban J connectivity index is 1.64. The minimum atomic E-state index is 0.0270. The van der Waals surface area contributed by atoms with E-state index in [0.717, 1.165) is 16.5 Å². The molecule has 1 saturated heterocycles. The van der Waals surface area contributed by atoms with Crippen LogP contribution in [0.15, 0.2) is 43.1 Å². The summed E-state index contributed by atoms with van der Waals surface area (Å²) in [5.74, 6) is 0. The lowest BCUT2D eigenvalue weighted by atomic mass is 9.95. The van der Waals surface area contributed by atoms with Crippen LogP contribution < -0.4 is 5.32 Å². The maximum Gasteiger partial charge on any atom is 0.170 e. The Morgan fingerprint density at radius 3 is 2.55 bits per heavy atom. The van der Waals surface area contributed by atoms with Gasteiger partial charge < -0.3 is 10.2 Å². The molecule has 2 aliphatic rings. The van der Waals surface area contributed by atoms with Gasteiger partial charge in [0.05, 0.1) is 17.8 Å². The number of nitrogens with one attached hydrogen (secondary N) is 1. The predicted molar refractivity (Wildman–Crippen MR) is 114 cm³/mol. The molecular formula is C21H25N7S. The average molecular weight is 408 g/mol. The molecule has 2 atom stereocenters. The Bertz CT molecular complexity index is 1010. The van der Waals surface area contributed by atoms with E-state index in [4.69, 9.17) is 12.2 Å². The van der Waals surface area contributed by atoms with Gasteiger partial charge in [-0.25, -0.2) is 4.68 Å². The molecule has 0 aromatic carbocycles. The summed E-state index contributed by atoms with van der Waals surface area (Å²) < 4.78 is 4.07. The molecule has 8 heteroatoms. The van der Waals surface area contributed by atoms with Crippen LogP contribution in [-0.2, 0) is 0 Å². The van der Waals surface area contributed by atoms with Gasteiger partial charge in [-0.15, -0.1) is 10.2 Å². The molecule has 7 nitrogen and oxygen atoms in total. The summed E-state index contributed by atoms with van der Waals surface area (Å²) >= 11 is 5.85. The van der Waals surface area contributed by atoms with E-state index in [2.05, 4.69) is 56.1 Å². The molecule has 1 aliphatic heterocycles. The van der Waals surface area contributed by atoms with Gasteiger partial charge in [-0.1, -0.05) is 18.9 Å². The molecule has 0 unspecified atom stereocenters. The quantitative estimate of drug-likeness (QED) is 0.670. The minimum Gasteiger partial charge on any atom is -0.352 e. The maximum atomic E-state index is 5.85. The monoisotopic (exact) mass is 407 g/mol. The number of hydrogen-bond donors (Lipinski definition) is 1. The highest BCUT2D eigenvalue weighted by atomic mass is 32.1. The zero-order valence-electron chi connectivity index (χ0n) is 16.7. The lowest BCUT2D eigenvalue weighted by Gasteiger charge is -2.33. The third kappa shape index (κ3) is 3.02. The van der Waals surface area contributed by atoms with Gasteiger partial charge in [0.15, 0.2) is 5.11 Å². The molecule has 4 heterocycles. The van der Waals surface area contributed by atoms with E-state index in [-0.39, 0.29) is 12.1 Å². The highest BCUT2D eigenvalue weighted by Gasteiger charge is 2.44. The van der Waals surface area contributed by atoms with Gasteiger partial charge in [-0.05, 0) is 57.1 Å². The van der Waals surface area contributed by atoms with Crippen LogP contribution in [0.4, 0.5) is 0 Å². The Hall–Kier alpha value is -2.74. The summed E-state index contributed by atoms with van der Waals surface area (Å²) in [6, 6.07) is 8.97. The summed E-state index contributed by atoms with van der Waals surface area (Å²) in [6.45, 7) is 4.28. The molecule has 1 N–H and O–H groups in total. The highest BCUT2D eigenvalue weighted by Crippen LogP contribution is 2.44. The second kappa shape index (κ2) is 7.26. The molecule has 29 heavy (non-hydrogen) atoms. The van der Waals surface area contributed by atoms with E-state index in [1.807, 2.05) is 23.0 Å². The van der Waals surface area contributed by atoms with Crippen molar-refractivity contribution in [2.24, 2.45) is 0 Å². The number of pyridine rings is 1. The SMILES string of the molecule is Cc1cc([C@@H]2[C@H](c3ccccn3)NC(=S)N2C2CCCC2)c(C)n1-n1cnnc1. The number of thiocarbonyl (C=S) groups is 1. The first-order valence-electron chi connectivity index (χ1n) is 10.2. The number of aryl methyl sites for hydroxylation is 1. The van der Waals surface area contributed by atoms with Gasteiger partial charge in [0.25, 0.3) is 0 Å². The van der Waals surface area contributed by atoms with E-state index in [1.165, 1.54) is 36.9 Å². The summed E-state index contributed by atoms with van der Waals surface area (Å²) in [7, 11) is 0. The second-order valence-electron chi connectivity index (χ2n) is 7.95. The first-order valence-corrected chi connectivity index (χ1v) is 10.6. The van der Waals surface area contributed by atoms with Gasteiger partial charge >= 0.3 is 0 Å². The third-order valence-electron chi connectivity index (χ3n) is 6.24. The van der Waals surface area contributed by atoms with Gasteiger partial charge in [-0.3, -0.25) is 9.66 Å². The minimum absolute atomic E-state index is 0.0270. The largest absolute Gasteiger partial charge is 0.352 e. The van der Waals surface area contributed by atoms with Crippen LogP contribution in [0.5, 0.6) is 0 Å². The number of nitrogens with zero attached hydrogens (tertiary/aromatic N) is 6. The number of hydrogen-bond acceptors (Lipinski definition) is 4. The van der Waals surface area contributed by atoms with Crippen LogP contribution in [0, 0.1) is 13.8 Å². The highest BCUT2D eigenvalue weighted by molar-refractivity contribution is 7.80. The van der Waals surface area contributed by atoms with Crippen LogP contribution >= 0.6 is 12.2 Å². The van der Waals surface area contributed by atoms with E-state index < -0.39 is 0 Å². The standard InChI is InChI=1S/C21H25N7S/c1-14-11-17(15(2)28(14)26-12-23-24-13-26)20-19(18-9-5-6-10-22-18)25-21(29)27(20)16-7-3-4-8-16/h5-6,9-13,16,19-20H,3-4,7-8H2,1-2H3,(H,25,29)/t19-,20+/m0/s1. The topological polar surface area (TPSA) is 63.8 Å². The number of rotatable bonds is 4. The summed E-state index contributed by atoms with van der Waals surface area (Å²) in [4.78, 5) is 7.10. The average Bonchev–Trinajstić information content (AvgIpc) is 3.50. The molecule has 0 amide bonds. The first-order chi connectivity index (χ1) is 14.1. The van der Waals surface area contributed by atoms with Crippen LogP contribution in [0.3, 0.4) is 0 Å². The molecule has 150 valence electrons. The molecule has 0 radical (unpaired) electrons. The lowest BCUT2D eigenvalue weighted by molar-refractivity contribution is 0.244.